The molecule has 0 aromatic heterocycles. The third-order valence-corrected chi connectivity index (χ3v) is 3.80. The summed E-state index contributed by atoms with van der Waals surface area (Å²) in [4.78, 5) is 24.0. The molecule has 0 unspecified atom stereocenters. The first-order valence-corrected chi connectivity index (χ1v) is 7.15. The molecular weight excluding hydrogens is 280 g/mol. The fraction of sp³-hybridized carbons (Fsp3) is 0.176. The first-order chi connectivity index (χ1) is 10.6. The summed E-state index contributed by atoms with van der Waals surface area (Å²) in [6, 6.07) is 11.7. The van der Waals surface area contributed by atoms with Gasteiger partial charge in [0, 0.05) is 5.56 Å². The highest BCUT2D eigenvalue weighted by Gasteiger charge is 2.15. The maximum atomic E-state index is 12.1. The van der Waals surface area contributed by atoms with Gasteiger partial charge >= 0.3 is 0 Å². The van der Waals surface area contributed by atoms with E-state index in [2.05, 4.69) is 10.9 Å². The van der Waals surface area contributed by atoms with Gasteiger partial charge in [0.05, 0.1) is 5.56 Å². The summed E-state index contributed by atoms with van der Waals surface area (Å²) in [5.74, 6) is -1.07. The molecule has 1 aliphatic carbocycles. The molecule has 1 aliphatic rings. The molecule has 0 aliphatic heterocycles. The van der Waals surface area contributed by atoms with Crippen LogP contribution in [0.15, 0.2) is 42.5 Å². The van der Waals surface area contributed by atoms with Crippen molar-refractivity contribution < 1.29 is 14.7 Å². The van der Waals surface area contributed by atoms with E-state index in [4.69, 9.17) is 0 Å². The Labute approximate surface area is 127 Å². The van der Waals surface area contributed by atoms with Crippen molar-refractivity contribution in [1.29, 1.82) is 0 Å². The van der Waals surface area contributed by atoms with Gasteiger partial charge in [-0.1, -0.05) is 18.2 Å². The van der Waals surface area contributed by atoms with Crippen LogP contribution >= 0.6 is 0 Å². The van der Waals surface area contributed by atoms with Crippen molar-refractivity contribution in [3.05, 3.63) is 64.7 Å². The number of aryl methyl sites for hydroxylation is 2. The molecule has 3 N–H and O–H groups in total. The van der Waals surface area contributed by atoms with Gasteiger partial charge in [-0.05, 0) is 54.7 Å². The molecule has 5 nitrogen and oxygen atoms in total. The zero-order valence-corrected chi connectivity index (χ0v) is 11.9. The Morgan fingerprint density at radius 1 is 0.909 bits per heavy atom. The van der Waals surface area contributed by atoms with Crippen LogP contribution in [0.3, 0.4) is 0 Å². The number of carbonyl (C=O) groups is 2. The van der Waals surface area contributed by atoms with E-state index in [0.717, 1.165) is 19.3 Å². The van der Waals surface area contributed by atoms with Crippen LogP contribution in [0, 0.1) is 0 Å². The van der Waals surface area contributed by atoms with E-state index >= 15 is 0 Å². The molecule has 3 rings (SSSR count). The van der Waals surface area contributed by atoms with E-state index in [1.807, 2.05) is 12.1 Å². The van der Waals surface area contributed by atoms with Gasteiger partial charge in [0.25, 0.3) is 11.8 Å². The van der Waals surface area contributed by atoms with Crippen molar-refractivity contribution in [1.82, 2.24) is 10.9 Å². The fourth-order valence-corrected chi connectivity index (χ4v) is 2.63. The first kappa shape index (κ1) is 14.1. The number of fused-ring (bicyclic) bond motifs is 1. The molecular formula is C17H16N2O3. The van der Waals surface area contributed by atoms with Gasteiger partial charge in [0.1, 0.15) is 5.75 Å². The minimum absolute atomic E-state index is 0.108. The molecule has 0 radical (unpaired) electrons. The lowest BCUT2D eigenvalue weighted by atomic mass is 10.1. The van der Waals surface area contributed by atoms with Crippen molar-refractivity contribution in [2.75, 3.05) is 0 Å². The highest BCUT2D eigenvalue weighted by molar-refractivity contribution is 6.00. The standard InChI is InChI=1S/C17H16N2O3/c20-15-7-2-1-6-14(15)17(22)19-18-16(21)13-9-8-11-4-3-5-12(11)10-13/h1-2,6-10,20H,3-5H2,(H,18,21)(H,19,22). The van der Waals surface area contributed by atoms with Crippen LogP contribution in [0.5, 0.6) is 5.75 Å². The van der Waals surface area contributed by atoms with Crippen molar-refractivity contribution >= 4 is 11.8 Å². The number of carbonyl (C=O) groups excluding carboxylic acids is 2. The highest BCUT2D eigenvalue weighted by atomic mass is 16.3. The summed E-state index contributed by atoms with van der Waals surface area (Å²) in [6.07, 6.45) is 3.16. The van der Waals surface area contributed by atoms with Crippen molar-refractivity contribution in [2.45, 2.75) is 19.3 Å². The minimum atomic E-state index is -0.562. The van der Waals surface area contributed by atoms with Crippen molar-refractivity contribution in [2.24, 2.45) is 0 Å². The van der Waals surface area contributed by atoms with E-state index in [9.17, 15) is 14.7 Å². The Morgan fingerprint density at radius 2 is 1.64 bits per heavy atom. The SMILES string of the molecule is O=C(NNC(=O)c1ccccc1O)c1ccc2c(c1)CCC2. The van der Waals surface area contributed by atoms with Gasteiger partial charge < -0.3 is 5.11 Å². The van der Waals surface area contributed by atoms with Gasteiger partial charge in [-0.2, -0.15) is 0 Å². The third kappa shape index (κ3) is 2.79. The second kappa shape index (κ2) is 5.89. The maximum Gasteiger partial charge on any atom is 0.273 e. The Morgan fingerprint density at radius 3 is 2.45 bits per heavy atom. The number of hydrogen-bond donors (Lipinski definition) is 3. The number of phenolic OH excluding ortho intramolecular Hbond substituents is 1. The molecule has 2 aromatic rings. The Kier molecular flexibility index (Phi) is 3.78. The normalized spacial score (nSPS) is 12.5. The number of hydrazine groups is 1. The highest BCUT2D eigenvalue weighted by Crippen LogP contribution is 2.22. The topological polar surface area (TPSA) is 78.4 Å². The van der Waals surface area contributed by atoms with Crippen LogP contribution in [0.2, 0.25) is 0 Å². The molecule has 0 saturated carbocycles. The molecule has 22 heavy (non-hydrogen) atoms. The lowest BCUT2D eigenvalue weighted by Gasteiger charge is -2.09. The average Bonchev–Trinajstić information content (AvgIpc) is 3.00. The molecule has 2 aromatic carbocycles. The maximum absolute atomic E-state index is 12.1. The number of benzene rings is 2. The monoisotopic (exact) mass is 296 g/mol. The van der Waals surface area contributed by atoms with Crippen LogP contribution in [0.25, 0.3) is 0 Å². The number of nitrogens with one attached hydrogen (secondary N) is 2. The van der Waals surface area contributed by atoms with Crippen LogP contribution < -0.4 is 10.9 Å². The Hall–Kier alpha value is -2.82. The molecule has 0 saturated heterocycles. The number of hydrogen-bond acceptors (Lipinski definition) is 3. The van der Waals surface area contributed by atoms with Crippen LogP contribution in [-0.2, 0) is 12.8 Å². The van der Waals surface area contributed by atoms with E-state index in [1.165, 1.54) is 23.3 Å². The molecule has 112 valence electrons. The zero-order chi connectivity index (χ0) is 15.5. The first-order valence-electron chi connectivity index (χ1n) is 7.15. The number of phenols is 1. The smallest absolute Gasteiger partial charge is 0.273 e. The number of amides is 2. The van der Waals surface area contributed by atoms with Gasteiger partial charge in [0.15, 0.2) is 0 Å². The van der Waals surface area contributed by atoms with Gasteiger partial charge in [-0.15, -0.1) is 0 Å². The van der Waals surface area contributed by atoms with Gasteiger partial charge in [-0.3, -0.25) is 20.4 Å². The zero-order valence-electron chi connectivity index (χ0n) is 11.9. The second-order valence-corrected chi connectivity index (χ2v) is 5.26. The van der Waals surface area contributed by atoms with Crippen molar-refractivity contribution in [3.8, 4) is 5.75 Å². The van der Waals surface area contributed by atoms with E-state index in [1.54, 1.807) is 18.2 Å². The average molecular weight is 296 g/mol. The molecule has 2 amide bonds. The summed E-state index contributed by atoms with van der Waals surface area (Å²) >= 11 is 0. The minimum Gasteiger partial charge on any atom is -0.507 e. The molecule has 0 bridgehead atoms. The van der Waals surface area contributed by atoms with E-state index in [0.29, 0.717) is 5.56 Å². The van der Waals surface area contributed by atoms with Crippen LogP contribution in [0.4, 0.5) is 0 Å². The largest absolute Gasteiger partial charge is 0.507 e. The second-order valence-electron chi connectivity index (χ2n) is 5.26. The van der Waals surface area contributed by atoms with Crippen LogP contribution in [-0.4, -0.2) is 16.9 Å². The predicted octanol–water partition coefficient (Wildman–Crippen LogP) is 1.96. The predicted molar refractivity (Wildman–Crippen MR) is 81.5 cm³/mol. The lowest BCUT2D eigenvalue weighted by molar-refractivity contribution is 0.0845. The summed E-state index contributed by atoms with van der Waals surface area (Å²) in [5, 5.41) is 9.60. The van der Waals surface area contributed by atoms with Crippen molar-refractivity contribution in [3.63, 3.8) is 0 Å². The van der Waals surface area contributed by atoms with E-state index < -0.39 is 5.91 Å². The molecule has 0 heterocycles. The van der Waals surface area contributed by atoms with E-state index in [-0.39, 0.29) is 17.2 Å². The summed E-state index contributed by atoms with van der Waals surface area (Å²) in [6.45, 7) is 0. The number of aromatic hydroxyl groups is 1. The number of rotatable bonds is 2. The van der Waals surface area contributed by atoms with Crippen LogP contribution in [0.1, 0.15) is 38.3 Å². The quantitative estimate of drug-likeness (QED) is 0.741. The third-order valence-electron chi connectivity index (χ3n) is 3.80. The Bertz CT molecular complexity index is 740. The summed E-state index contributed by atoms with van der Waals surface area (Å²) in [5.41, 5.74) is 7.77. The molecule has 0 fully saturated rings. The Balaban J connectivity index is 1.65. The molecule has 0 atom stereocenters. The summed E-state index contributed by atoms with van der Waals surface area (Å²) < 4.78 is 0. The molecule has 0 spiro atoms. The number of para-hydroxylation sites is 1. The fourth-order valence-electron chi connectivity index (χ4n) is 2.63. The summed E-state index contributed by atoms with van der Waals surface area (Å²) in [7, 11) is 0. The lowest BCUT2D eigenvalue weighted by Crippen LogP contribution is -2.41. The van der Waals surface area contributed by atoms with Gasteiger partial charge in [0.2, 0.25) is 0 Å². The van der Waals surface area contributed by atoms with Gasteiger partial charge in [-0.25, -0.2) is 0 Å². The molecule has 5 heteroatoms.